The summed E-state index contributed by atoms with van der Waals surface area (Å²) in [6.07, 6.45) is 0. The van der Waals surface area contributed by atoms with Crippen molar-refractivity contribution in [2.24, 2.45) is 0 Å². The van der Waals surface area contributed by atoms with Crippen LogP contribution in [0, 0.1) is 0 Å². The molecule has 0 aliphatic carbocycles. The highest BCUT2D eigenvalue weighted by molar-refractivity contribution is 7.18. The largest absolute Gasteiger partial charge is 0.479 e. The summed E-state index contributed by atoms with van der Waals surface area (Å²) in [6, 6.07) is 9.40. The van der Waals surface area contributed by atoms with Gasteiger partial charge in [0.2, 0.25) is 0 Å². The van der Waals surface area contributed by atoms with E-state index in [1.54, 1.807) is 41.5 Å². The van der Waals surface area contributed by atoms with Gasteiger partial charge in [-0.2, -0.15) is 0 Å². The molecule has 0 amide bonds. The van der Waals surface area contributed by atoms with Crippen LogP contribution in [0.4, 0.5) is 0 Å². The minimum absolute atomic E-state index is 0.130. The maximum atomic E-state index is 12.7. The lowest BCUT2D eigenvalue weighted by molar-refractivity contribution is -0.157. The van der Waals surface area contributed by atoms with E-state index in [0.717, 1.165) is 5.56 Å². The predicted molar refractivity (Wildman–Crippen MR) is 111 cm³/mol. The molecule has 0 saturated heterocycles. The number of rotatable bonds is 5. The molecule has 0 atom stereocenters. The third kappa shape index (κ3) is 6.24. The number of esters is 2. The number of carbonyl (C=O) groups is 2. The minimum Gasteiger partial charge on any atom is -0.479 e. The maximum absolute atomic E-state index is 12.7. The number of hydrogen-bond acceptors (Lipinski definition) is 6. The standard InChI is InChI=1S/C21H25ClO5S/c1-20(2,3)26-14(23)12-25-16-15(22)17(13-10-8-7-9-11-13)28-18(16)19(24)27-21(4,5)6/h7-11H,12H2,1-6H3. The topological polar surface area (TPSA) is 61.8 Å². The molecular weight excluding hydrogens is 400 g/mol. The lowest BCUT2D eigenvalue weighted by Crippen LogP contribution is -2.28. The Hall–Kier alpha value is -2.05. The molecular formula is C21H25ClO5S. The average molecular weight is 425 g/mol. The smallest absolute Gasteiger partial charge is 0.352 e. The van der Waals surface area contributed by atoms with Crippen molar-refractivity contribution in [3.8, 4) is 16.2 Å². The molecule has 1 heterocycles. The zero-order chi connectivity index (χ0) is 21.1. The third-order valence-electron chi connectivity index (χ3n) is 3.18. The fourth-order valence-corrected chi connectivity index (χ4v) is 3.71. The Labute approximate surface area is 174 Å². The molecule has 28 heavy (non-hydrogen) atoms. The highest BCUT2D eigenvalue weighted by Crippen LogP contribution is 2.46. The first-order valence-electron chi connectivity index (χ1n) is 8.83. The lowest BCUT2D eigenvalue weighted by Gasteiger charge is -2.20. The molecule has 0 fully saturated rings. The van der Waals surface area contributed by atoms with E-state index in [1.165, 1.54) is 11.3 Å². The van der Waals surface area contributed by atoms with Crippen molar-refractivity contribution in [2.75, 3.05) is 6.61 Å². The molecule has 0 radical (unpaired) electrons. The normalized spacial score (nSPS) is 11.8. The summed E-state index contributed by atoms with van der Waals surface area (Å²) in [5, 5.41) is 0.264. The first-order chi connectivity index (χ1) is 12.9. The number of carbonyl (C=O) groups excluding carboxylic acids is 2. The van der Waals surface area contributed by atoms with Crippen molar-refractivity contribution < 1.29 is 23.8 Å². The van der Waals surface area contributed by atoms with E-state index in [2.05, 4.69) is 0 Å². The Balaban J connectivity index is 2.36. The lowest BCUT2D eigenvalue weighted by atomic mass is 10.2. The molecule has 0 N–H and O–H groups in total. The van der Waals surface area contributed by atoms with Crippen LogP contribution in [0.25, 0.3) is 10.4 Å². The Morgan fingerprint density at radius 3 is 2.07 bits per heavy atom. The molecule has 0 spiro atoms. The second kappa shape index (κ2) is 8.53. The molecule has 0 saturated carbocycles. The maximum Gasteiger partial charge on any atom is 0.352 e. The zero-order valence-electron chi connectivity index (χ0n) is 16.9. The second-order valence-corrected chi connectivity index (χ2v) is 9.55. The van der Waals surface area contributed by atoms with Gasteiger partial charge < -0.3 is 14.2 Å². The van der Waals surface area contributed by atoms with Crippen molar-refractivity contribution in [2.45, 2.75) is 52.7 Å². The van der Waals surface area contributed by atoms with Crippen LogP contribution in [0.3, 0.4) is 0 Å². The van der Waals surface area contributed by atoms with E-state index in [1.807, 2.05) is 30.3 Å². The van der Waals surface area contributed by atoms with Crippen LogP contribution in [0.15, 0.2) is 30.3 Å². The third-order valence-corrected chi connectivity index (χ3v) is 4.86. The molecule has 5 nitrogen and oxygen atoms in total. The Morgan fingerprint density at radius 2 is 1.54 bits per heavy atom. The van der Waals surface area contributed by atoms with Crippen molar-refractivity contribution in [1.29, 1.82) is 0 Å². The van der Waals surface area contributed by atoms with E-state index in [4.69, 9.17) is 25.8 Å². The SMILES string of the molecule is CC(C)(C)OC(=O)COc1c(C(=O)OC(C)(C)C)sc(-c2ccccc2)c1Cl. The van der Waals surface area contributed by atoms with Crippen molar-refractivity contribution in [3.63, 3.8) is 0 Å². The van der Waals surface area contributed by atoms with Gasteiger partial charge in [-0.05, 0) is 47.1 Å². The van der Waals surface area contributed by atoms with Gasteiger partial charge in [0.25, 0.3) is 0 Å². The Kier molecular flexibility index (Phi) is 6.78. The predicted octanol–water partition coefficient (Wildman–Crippen LogP) is 5.74. The Bertz CT molecular complexity index is 844. The minimum atomic E-state index is -0.678. The number of halogens is 1. The van der Waals surface area contributed by atoms with Crippen molar-refractivity contribution in [3.05, 3.63) is 40.2 Å². The molecule has 2 aromatic rings. The van der Waals surface area contributed by atoms with Gasteiger partial charge in [0, 0.05) is 0 Å². The van der Waals surface area contributed by atoms with Crippen LogP contribution in [0.1, 0.15) is 51.2 Å². The highest BCUT2D eigenvalue weighted by Gasteiger charge is 2.29. The van der Waals surface area contributed by atoms with Gasteiger partial charge in [-0.25, -0.2) is 9.59 Å². The van der Waals surface area contributed by atoms with Gasteiger partial charge >= 0.3 is 11.9 Å². The van der Waals surface area contributed by atoms with Gasteiger partial charge in [-0.15, -0.1) is 11.3 Å². The van der Waals surface area contributed by atoms with Gasteiger partial charge in [0.05, 0.1) is 4.88 Å². The van der Waals surface area contributed by atoms with Crippen LogP contribution < -0.4 is 4.74 Å². The molecule has 1 aromatic carbocycles. The van der Waals surface area contributed by atoms with Crippen molar-refractivity contribution >= 4 is 34.9 Å². The van der Waals surface area contributed by atoms with E-state index >= 15 is 0 Å². The summed E-state index contributed by atoms with van der Waals surface area (Å²) >= 11 is 7.69. The summed E-state index contributed by atoms with van der Waals surface area (Å²) in [5.41, 5.74) is -0.472. The fourth-order valence-electron chi connectivity index (χ4n) is 2.26. The molecule has 152 valence electrons. The van der Waals surface area contributed by atoms with Crippen LogP contribution in [0.2, 0.25) is 5.02 Å². The summed E-state index contributed by atoms with van der Waals surface area (Å²) in [4.78, 5) is 25.6. The van der Waals surface area contributed by atoms with Crippen LogP contribution in [-0.2, 0) is 14.3 Å². The first kappa shape index (κ1) is 22.2. The van der Waals surface area contributed by atoms with Gasteiger partial charge in [0.15, 0.2) is 17.2 Å². The number of ether oxygens (including phenoxy) is 3. The fraction of sp³-hybridized carbons (Fsp3) is 0.429. The second-order valence-electron chi connectivity index (χ2n) is 8.15. The Morgan fingerprint density at radius 1 is 0.964 bits per heavy atom. The van der Waals surface area contributed by atoms with E-state index in [-0.39, 0.29) is 22.3 Å². The summed E-state index contributed by atoms with van der Waals surface area (Å²) in [6.45, 7) is 10.3. The molecule has 7 heteroatoms. The van der Waals surface area contributed by atoms with Gasteiger partial charge in [-0.3, -0.25) is 0 Å². The molecule has 2 rings (SSSR count). The molecule has 0 aliphatic heterocycles. The van der Waals surface area contributed by atoms with Gasteiger partial charge in [-0.1, -0.05) is 41.9 Å². The average Bonchev–Trinajstić information content (AvgIpc) is 2.87. The number of benzene rings is 1. The number of hydrogen-bond donors (Lipinski definition) is 0. The summed E-state index contributed by atoms with van der Waals surface area (Å²) in [7, 11) is 0. The summed E-state index contributed by atoms with van der Waals surface area (Å²) in [5.74, 6) is -0.974. The van der Waals surface area contributed by atoms with E-state index in [0.29, 0.717) is 4.88 Å². The monoisotopic (exact) mass is 424 g/mol. The van der Waals surface area contributed by atoms with E-state index in [9.17, 15) is 9.59 Å². The zero-order valence-corrected chi connectivity index (χ0v) is 18.5. The molecule has 0 unspecified atom stereocenters. The molecule has 1 aromatic heterocycles. The van der Waals surface area contributed by atoms with Gasteiger partial charge in [0.1, 0.15) is 16.2 Å². The summed E-state index contributed by atoms with van der Waals surface area (Å²) < 4.78 is 16.3. The van der Waals surface area contributed by atoms with Crippen LogP contribution in [0.5, 0.6) is 5.75 Å². The van der Waals surface area contributed by atoms with Crippen LogP contribution in [-0.4, -0.2) is 29.7 Å². The highest BCUT2D eigenvalue weighted by atomic mass is 35.5. The molecule has 0 bridgehead atoms. The number of thiophene rings is 1. The molecule has 0 aliphatic rings. The quantitative estimate of drug-likeness (QED) is 0.572. The first-order valence-corrected chi connectivity index (χ1v) is 10.0. The van der Waals surface area contributed by atoms with E-state index < -0.39 is 23.1 Å². The van der Waals surface area contributed by atoms with Crippen LogP contribution >= 0.6 is 22.9 Å². The van der Waals surface area contributed by atoms with Crippen molar-refractivity contribution in [1.82, 2.24) is 0 Å².